The zero-order chi connectivity index (χ0) is 13.8. The molecule has 2 aromatic rings. The number of ketones is 1. The van der Waals surface area contributed by atoms with E-state index in [-0.39, 0.29) is 6.42 Å². The Morgan fingerprint density at radius 1 is 1.16 bits per heavy atom. The number of aliphatic carboxylic acids is 1. The first-order chi connectivity index (χ1) is 9.13. The number of Topliss-reactive ketones (excluding diaryl/α,β-unsaturated/α-hetero) is 1. The van der Waals surface area contributed by atoms with E-state index in [0.717, 1.165) is 10.8 Å². The van der Waals surface area contributed by atoms with Crippen molar-refractivity contribution in [3.8, 4) is 5.75 Å². The fourth-order valence-electron chi connectivity index (χ4n) is 2.03. The number of benzene rings is 2. The van der Waals surface area contributed by atoms with Crippen LogP contribution in [-0.2, 0) is 16.0 Å². The molecule has 4 nitrogen and oxygen atoms in total. The number of fused-ring (bicyclic) bond motifs is 1. The molecule has 1 N–H and O–H groups in total. The maximum Gasteiger partial charge on any atom is 0.372 e. The molecule has 0 aliphatic carbocycles. The van der Waals surface area contributed by atoms with E-state index in [9.17, 15) is 9.59 Å². The van der Waals surface area contributed by atoms with Crippen LogP contribution < -0.4 is 4.74 Å². The second-order valence-corrected chi connectivity index (χ2v) is 4.10. The molecule has 2 aromatic carbocycles. The van der Waals surface area contributed by atoms with Crippen molar-refractivity contribution in [1.29, 1.82) is 0 Å². The molecule has 4 heteroatoms. The second-order valence-electron chi connectivity index (χ2n) is 4.10. The van der Waals surface area contributed by atoms with Crippen molar-refractivity contribution in [2.75, 3.05) is 6.61 Å². The Morgan fingerprint density at radius 2 is 1.89 bits per heavy atom. The molecule has 0 saturated heterocycles. The van der Waals surface area contributed by atoms with Gasteiger partial charge in [0, 0.05) is 12.0 Å². The van der Waals surface area contributed by atoms with Crippen LogP contribution in [0.15, 0.2) is 36.4 Å². The monoisotopic (exact) mass is 258 g/mol. The Balaban J connectivity index is 2.55. The van der Waals surface area contributed by atoms with Gasteiger partial charge in [0.05, 0.1) is 6.61 Å². The van der Waals surface area contributed by atoms with Gasteiger partial charge in [-0.25, -0.2) is 4.79 Å². The number of ether oxygens (including phenoxy) is 1. The molecule has 0 heterocycles. The topological polar surface area (TPSA) is 63.6 Å². The van der Waals surface area contributed by atoms with Crippen LogP contribution in [0.25, 0.3) is 10.8 Å². The molecule has 0 spiro atoms. The van der Waals surface area contributed by atoms with E-state index >= 15 is 0 Å². The molecule has 2 rings (SSSR count). The highest BCUT2D eigenvalue weighted by Crippen LogP contribution is 2.28. The maximum absolute atomic E-state index is 11.5. The first-order valence-corrected chi connectivity index (χ1v) is 6.03. The zero-order valence-corrected chi connectivity index (χ0v) is 10.6. The van der Waals surface area contributed by atoms with E-state index in [4.69, 9.17) is 9.84 Å². The quantitative estimate of drug-likeness (QED) is 0.836. The van der Waals surface area contributed by atoms with E-state index in [0.29, 0.717) is 17.9 Å². The number of carbonyl (C=O) groups excluding carboxylic acids is 1. The van der Waals surface area contributed by atoms with Gasteiger partial charge in [-0.3, -0.25) is 4.79 Å². The minimum absolute atomic E-state index is 0.161. The summed E-state index contributed by atoms with van der Waals surface area (Å²) in [5, 5.41) is 10.6. The molecule has 0 atom stereocenters. The highest BCUT2D eigenvalue weighted by molar-refractivity contribution is 6.33. The lowest BCUT2D eigenvalue weighted by Gasteiger charge is -2.12. The third-order valence-electron chi connectivity index (χ3n) is 2.87. The fraction of sp³-hybridized carbons (Fsp3) is 0.200. The van der Waals surface area contributed by atoms with Crippen molar-refractivity contribution >= 4 is 22.5 Å². The summed E-state index contributed by atoms with van der Waals surface area (Å²) >= 11 is 0. The first-order valence-electron chi connectivity index (χ1n) is 6.03. The lowest BCUT2D eigenvalue weighted by molar-refractivity contribution is -0.148. The maximum atomic E-state index is 11.5. The molecule has 19 heavy (non-hydrogen) atoms. The lowest BCUT2D eigenvalue weighted by Crippen LogP contribution is -2.16. The van der Waals surface area contributed by atoms with Gasteiger partial charge in [-0.2, -0.15) is 0 Å². The number of hydrogen-bond acceptors (Lipinski definition) is 3. The van der Waals surface area contributed by atoms with Crippen molar-refractivity contribution in [3.05, 3.63) is 42.0 Å². The third kappa shape index (κ3) is 2.73. The predicted molar refractivity (Wildman–Crippen MR) is 71.5 cm³/mol. The number of rotatable bonds is 5. The number of hydrogen-bond donors (Lipinski definition) is 1. The Hall–Kier alpha value is -2.36. The fourth-order valence-corrected chi connectivity index (χ4v) is 2.03. The van der Waals surface area contributed by atoms with Gasteiger partial charge < -0.3 is 9.84 Å². The summed E-state index contributed by atoms with van der Waals surface area (Å²) < 4.78 is 5.48. The zero-order valence-electron chi connectivity index (χ0n) is 10.6. The molecule has 0 radical (unpaired) electrons. The van der Waals surface area contributed by atoms with Crippen LogP contribution in [-0.4, -0.2) is 23.5 Å². The number of carbonyl (C=O) groups is 2. The van der Waals surface area contributed by atoms with Gasteiger partial charge >= 0.3 is 5.97 Å². The van der Waals surface area contributed by atoms with Crippen molar-refractivity contribution in [2.24, 2.45) is 0 Å². The normalized spacial score (nSPS) is 10.4. The summed E-state index contributed by atoms with van der Waals surface area (Å²) in [6.45, 7) is 2.31. The predicted octanol–water partition coefficient (Wildman–Crippen LogP) is 2.43. The van der Waals surface area contributed by atoms with Gasteiger partial charge in [0.15, 0.2) is 0 Å². The minimum Gasteiger partial charge on any atom is -0.494 e. The van der Waals surface area contributed by atoms with Gasteiger partial charge in [-0.15, -0.1) is 0 Å². The molecule has 0 amide bonds. The van der Waals surface area contributed by atoms with Crippen LogP contribution in [0, 0.1) is 0 Å². The molecule has 98 valence electrons. The Kier molecular flexibility index (Phi) is 3.80. The number of carboxylic acids is 1. The van der Waals surface area contributed by atoms with E-state index in [2.05, 4.69) is 0 Å². The number of carboxylic acid groups (broad SMARTS) is 1. The largest absolute Gasteiger partial charge is 0.494 e. The van der Waals surface area contributed by atoms with Crippen molar-refractivity contribution in [2.45, 2.75) is 13.3 Å². The molecule has 0 fully saturated rings. The van der Waals surface area contributed by atoms with Gasteiger partial charge in [-0.05, 0) is 23.8 Å². The molecular formula is C15H14O4. The van der Waals surface area contributed by atoms with Crippen molar-refractivity contribution in [3.63, 3.8) is 0 Å². The van der Waals surface area contributed by atoms with Crippen LogP contribution in [0.2, 0.25) is 0 Å². The van der Waals surface area contributed by atoms with E-state index in [1.807, 2.05) is 37.3 Å². The van der Waals surface area contributed by atoms with E-state index < -0.39 is 11.8 Å². The SMILES string of the molecule is CCOc1ccc2ccccc2c1CC(=O)C(=O)O. The molecule has 0 unspecified atom stereocenters. The van der Waals surface area contributed by atoms with Crippen molar-refractivity contribution in [1.82, 2.24) is 0 Å². The van der Waals surface area contributed by atoms with Crippen LogP contribution in [0.5, 0.6) is 5.75 Å². The lowest BCUT2D eigenvalue weighted by atomic mass is 9.99. The Bertz CT molecular complexity index is 631. The summed E-state index contributed by atoms with van der Waals surface area (Å²) in [7, 11) is 0. The van der Waals surface area contributed by atoms with Gasteiger partial charge in [0.1, 0.15) is 5.75 Å². The average Bonchev–Trinajstić information content (AvgIpc) is 2.41. The van der Waals surface area contributed by atoms with Crippen LogP contribution in [0.4, 0.5) is 0 Å². The summed E-state index contributed by atoms with van der Waals surface area (Å²) in [5.41, 5.74) is 0.632. The molecule has 0 bridgehead atoms. The Labute approximate surface area is 110 Å². The second kappa shape index (κ2) is 5.52. The van der Waals surface area contributed by atoms with Gasteiger partial charge in [0.2, 0.25) is 5.78 Å². The molecule has 0 saturated carbocycles. The Morgan fingerprint density at radius 3 is 2.58 bits per heavy atom. The van der Waals surface area contributed by atoms with Crippen LogP contribution in [0.1, 0.15) is 12.5 Å². The summed E-state index contributed by atoms with van der Waals surface area (Å²) in [5.74, 6) is -1.69. The van der Waals surface area contributed by atoms with Gasteiger partial charge in [-0.1, -0.05) is 30.3 Å². The average molecular weight is 258 g/mol. The van der Waals surface area contributed by atoms with E-state index in [1.54, 1.807) is 6.07 Å². The highest BCUT2D eigenvalue weighted by atomic mass is 16.5. The first kappa shape index (κ1) is 13.1. The molecule has 0 aliphatic heterocycles. The van der Waals surface area contributed by atoms with Crippen LogP contribution >= 0.6 is 0 Å². The highest BCUT2D eigenvalue weighted by Gasteiger charge is 2.17. The summed E-state index contributed by atoms with van der Waals surface area (Å²) in [6, 6.07) is 11.2. The standard InChI is InChI=1S/C15H14O4/c1-2-19-14-8-7-10-5-3-4-6-11(10)12(14)9-13(16)15(17)18/h3-8H,2,9H2,1H3,(H,17,18). The van der Waals surface area contributed by atoms with Crippen LogP contribution in [0.3, 0.4) is 0 Å². The van der Waals surface area contributed by atoms with Crippen molar-refractivity contribution < 1.29 is 19.4 Å². The smallest absolute Gasteiger partial charge is 0.372 e. The third-order valence-corrected chi connectivity index (χ3v) is 2.87. The summed E-state index contributed by atoms with van der Waals surface area (Å²) in [4.78, 5) is 22.2. The molecule has 0 aromatic heterocycles. The van der Waals surface area contributed by atoms with Gasteiger partial charge in [0.25, 0.3) is 0 Å². The molecule has 0 aliphatic rings. The molecular weight excluding hydrogens is 244 g/mol. The van der Waals surface area contributed by atoms with E-state index in [1.165, 1.54) is 0 Å². The minimum atomic E-state index is -1.42. The summed E-state index contributed by atoms with van der Waals surface area (Å²) in [6.07, 6.45) is -0.161.